The molecule has 0 radical (unpaired) electrons. The molecule has 6 nitrogen and oxygen atoms in total. The number of hydrogen-bond acceptors (Lipinski definition) is 4. The fourth-order valence-corrected chi connectivity index (χ4v) is 3.98. The van der Waals surface area contributed by atoms with E-state index in [4.69, 9.17) is 16.3 Å². The summed E-state index contributed by atoms with van der Waals surface area (Å²) in [5, 5.41) is 8.56. The quantitative estimate of drug-likeness (QED) is 0.843. The Morgan fingerprint density at radius 2 is 2.32 bits per heavy atom. The van der Waals surface area contributed by atoms with Crippen LogP contribution < -0.4 is 4.74 Å². The van der Waals surface area contributed by atoms with E-state index in [1.807, 2.05) is 34.0 Å². The van der Waals surface area contributed by atoms with Gasteiger partial charge in [0, 0.05) is 30.9 Å². The Kier molecular flexibility index (Phi) is 4.61. The number of fused-ring (bicyclic) bond motifs is 1. The maximum atomic E-state index is 13.0. The van der Waals surface area contributed by atoms with E-state index in [0.717, 1.165) is 43.8 Å². The number of ether oxygens (including phenoxy) is 1. The second-order valence-electron chi connectivity index (χ2n) is 6.88. The number of carbonyl (C=O) groups excluding carboxylic acids is 1. The zero-order valence-electron chi connectivity index (χ0n) is 14.0. The molecule has 7 heteroatoms. The van der Waals surface area contributed by atoms with Crippen molar-refractivity contribution in [1.82, 2.24) is 19.9 Å². The lowest BCUT2D eigenvalue weighted by molar-refractivity contribution is -0.138. The van der Waals surface area contributed by atoms with Crippen LogP contribution in [0.4, 0.5) is 0 Å². The van der Waals surface area contributed by atoms with Crippen molar-refractivity contribution in [3.05, 3.63) is 41.2 Å². The SMILES string of the molecule is O=C(C1COc2ccc(Cl)cc2C1)N1CCCC(Cn2ccnn2)C1. The third-order valence-electron chi connectivity index (χ3n) is 5.03. The number of amides is 1. The average molecular weight is 361 g/mol. The number of halogens is 1. The molecular formula is C18H21ClN4O2. The van der Waals surface area contributed by atoms with Gasteiger partial charge in [0.1, 0.15) is 12.4 Å². The lowest BCUT2D eigenvalue weighted by Gasteiger charge is -2.36. The smallest absolute Gasteiger partial charge is 0.229 e. The molecule has 2 unspecified atom stereocenters. The summed E-state index contributed by atoms with van der Waals surface area (Å²) in [5.41, 5.74) is 1.02. The van der Waals surface area contributed by atoms with E-state index in [9.17, 15) is 4.79 Å². The number of rotatable bonds is 3. The molecule has 3 heterocycles. The largest absolute Gasteiger partial charge is 0.492 e. The van der Waals surface area contributed by atoms with Crippen LogP contribution in [0, 0.1) is 11.8 Å². The summed E-state index contributed by atoms with van der Waals surface area (Å²) in [6.07, 6.45) is 6.40. The summed E-state index contributed by atoms with van der Waals surface area (Å²) in [4.78, 5) is 15.0. The van der Waals surface area contributed by atoms with Crippen LogP contribution >= 0.6 is 11.6 Å². The van der Waals surface area contributed by atoms with Crippen LogP contribution in [0.25, 0.3) is 0 Å². The van der Waals surface area contributed by atoms with Crippen LogP contribution in [0.2, 0.25) is 5.02 Å². The average Bonchev–Trinajstić information content (AvgIpc) is 3.13. The van der Waals surface area contributed by atoms with E-state index < -0.39 is 0 Å². The third-order valence-corrected chi connectivity index (χ3v) is 5.26. The Bertz CT molecular complexity index is 750. The minimum Gasteiger partial charge on any atom is -0.492 e. The van der Waals surface area contributed by atoms with Crippen molar-refractivity contribution in [3.63, 3.8) is 0 Å². The molecule has 0 N–H and O–H groups in total. The van der Waals surface area contributed by atoms with Gasteiger partial charge in [-0.25, -0.2) is 0 Å². The Morgan fingerprint density at radius 1 is 1.40 bits per heavy atom. The van der Waals surface area contributed by atoms with Crippen LogP contribution in [0.3, 0.4) is 0 Å². The minimum absolute atomic E-state index is 0.129. The first-order valence-corrected chi connectivity index (χ1v) is 9.11. The monoisotopic (exact) mass is 360 g/mol. The molecule has 1 fully saturated rings. The first kappa shape index (κ1) is 16.4. The van der Waals surface area contributed by atoms with Gasteiger partial charge in [-0.2, -0.15) is 0 Å². The third kappa shape index (κ3) is 3.63. The van der Waals surface area contributed by atoms with Gasteiger partial charge in [0.05, 0.1) is 12.1 Å². The molecule has 2 aliphatic heterocycles. The molecule has 0 saturated carbocycles. The van der Waals surface area contributed by atoms with Crippen molar-refractivity contribution < 1.29 is 9.53 Å². The van der Waals surface area contributed by atoms with Crippen molar-refractivity contribution >= 4 is 17.5 Å². The predicted molar refractivity (Wildman–Crippen MR) is 93.5 cm³/mol. The van der Waals surface area contributed by atoms with Gasteiger partial charge in [-0.3, -0.25) is 9.48 Å². The van der Waals surface area contributed by atoms with Crippen molar-refractivity contribution in [1.29, 1.82) is 0 Å². The van der Waals surface area contributed by atoms with E-state index in [1.54, 1.807) is 6.20 Å². The van der Waals surface area contributed by atoms with Gasteiger partial charge in [0.2, 0.25) is 5.91 Å². The first-order valence-electron chi connectivity index (χ1n) is 8.73. The lowest BCUT2D eigenvalue weighted by atomic mass is 9.92. The molecule has 1 amide bonds. The number of hydrogen-bond donors (Lipinski definition) is 0. The number of likely N-dealkylation sites (tertiary alicyclic amines) is 1. The van der Waals surface area contributed by atoms with E-state index >= 15 is 0 Å². The molecule has 25 heavy (non-hydrogen) atoms. The maximum absolute atomic E-state index is 13.0. The number of aromatic nitrogens is 3. The zero-order chi connectivity index (χ0) is 17.2. The van der Waals surface area contributed by atoms with Crippen molar-refractivity contribution in [2.75, 3.05) is 19.7 Å². The van der Waals surface area contributed by atoms with Gasteiger partial charge in [-0.1, -0.05) is 16.8 Å². The van der Waals surface area contributed by atoms with Gasteiger partial charge in [0.15, 0.2) is 0 Å². The topological polar surface area (TPSA) is 60.2 Å². The molecule has 1 saturated heterocycles. The van der Waals surface area contributed by atoms with E-state index in [2.05, 4.69) is 10.3 Å². The van der Waals surface area contributed by atoms with Crippen molar-refractivity contribution in [2.45, 2.75) is 25.8 Å². The highest BCUT2D eigenvalue weighted by Gasteiger charge is 2.32. The Balaban J connectivity index is 1.40. The molecule has 2 aliphatic rings. The fourth-order valence-electron chi connectivity index (χ4n) is 3.79. The Morgan fingerprint density at radius 3 is 3.16 bits per heavy atom. The van der Waals surface area contributed by atoms with Crippen LogP contribution in [0.15, 0.2) is 30.6 Å². The summed E-state index contributed by atoms with van der Waals surface area (Å²) >= 11 is 6.08. The van der Waals surface area contributed by atoms with Crippen molar-refractivity contribution in [2.24, 2.45) is 11.8 Å². The Hall–Kier alpha value is -2.08. The molecule has 2 aromatic rings. The molecular weight excluding hydrogens is 340 g/mol. The molecule has 4 rings (SSSR count). The summed E-state index contributed by atoms with van der Waals surface area (Å²) in [6, 6.07) is 5.61. The van der Waals surface area contributed by atoms with Gasteiger partial charge in [-0.05, 0) is 48.9 Å². The fraction of sp³-hybridized carbons (Fsp3) is 0.500. The molecule has 1 aromatic carbocycles. The van der Waals surface area contributed by atoms with Crippen LogP contribution in [0.1, 0.15) is 18.4 Å². The van der Waals surface area contributed by atoms with E-state index in [-0.39, 0.29) is 11.8 Å². The number of carbonyl (C=O) groups is 1. The second-order valence-corrected chi connectivity index (χ2v) is 7.32. The predicted octanol–water partition coefficient (Wildman–Crippen LogP) is 2.42. The summed E-state index contributed by atoms with van der Waals surface area (Å²) < 4.78 is 7.63. The van der Waals surface area contributed by atoms with Crippen molar-refractivity contribution in [3.8, 4) is 5.75 Å². The molecule has 1 aromatic heterocycles. The van der Waals surface area contributed by atoms with Gasteiger partial charge in [-0.15, -0.1) is 5.10 Å². The maximum Gasteiger partial charge on any atom is 0.229 e. The normalized spacial score (nSPS) is 23.0. The highest BCUT2D eigenvalue weighted by Crippen LogP contribution is 2.31. The lowest BCUT2D eigenvalue weighted by Crippen LogP contribution is -2.46. The first-order chi connectivity index (χ1) is 12.2. The van der Waals surface area contributed by atoms with Crippen LogP contribution in [0.5, 0.6) is 5.75 Å². The summed E-state index contributed by atoms with van der Waals surface area (Å²) in [7, 11) is 0. The zero-order valence-corrected chi connectivity index (χ0v) is 14.7. The Labute approximate surface area is 151 Å². The number of nitrogens with zero attached hydrogens (tertiary/aromatic N) is 4. The highest BCUT2D eigenvalue weighted by molar-refractivity contribution is 6.30. The van der Waals surface area contributed by atoms with Crippen LogP contribution in [-0.4, -0.2) is 45.5 Å². The van der Waals surface area contributed by atoms with Gasteiger partial charge in [0.25, 0.3) is 0 Å². The summed E-state index contributed by atoms with van der Waals surface area (Å²) in [5.74, 6) is 1.33. The highest BCUT2D eigenvalue weighted by atomic mass is 35.5. The van der Waals surface area contributed by atoms with E-state index in [0.29, 0.717) is 24.0 Å². The molecule has 2 atom stereocenters. The number of piperidine rings is 1. The van der Waals surface area contributed by atoms with Gasteiger partial charge >= 0.3 is 0 Å². The molecule has 0 spiro atoms. The molecule has 132 valence electrons. The molecule has 0 aliphatic carbocycles. The number of benzene rings is 1. The second kappa shape index (κ2) is 7.04. The molecule has 0 bridgehead atoms. The van der Waals surface area contributed by atoms with E-state index in [1.165, 1.54) is 0 Å². The van der Waals surface area contributed by atoms with Gasteiger partial charge < -0.3 is 9.64 Å². The standard InChI is InChI=1S/C18H21ClN4O2/c19-16-3-4-17-14(9-16)8-15(12-25-17)18(24)22-6-1-2-13(10-22)11-23-7-5-20-21-23/h3-5,7,9,13,15H,1-2,6,8,10-12H2. The van der Waals surface area contributed by atoms with Crippen LogP contribution in [-0.2, 0) is 17.8 Å². The minimum atomic E-state index is -0.129. The summed E-state index contributed by atoms with van der Waals surface area (Å²) in [6.45, 7) is 2.85.